The molecule has 0 bridgehead atoms. The van der Waals surface area contributed by atoms with Gasteiger partial charge in [0.1, 0.15) is 12.4 Å². The van der Waals surface area contributed by atoms with Crippen molar-refractivity contribution in [2.24, 2.45) is 0 Å². The number of carbonyl (C=O) groups is 3. The summed E-state index contributed by atoms with van der Waals surface area (Å²) in [5, 5.41) is 2.54. The zero-order valence-corrected chi connectivity index (χ0v) is 11.6. The average molecular weight is 329 g/mol. The predicted octanol–water partition coefficient (Wildman–Crippen LogP) is 1.25. The highest BCUT2D eigenvalue weighted by molar-refractivity contribution is 9.10. The van der Waals surface area contributed by atoms with Crippen LogP contribution >= 0.6 is 15.9 Å². The van der Waals surface area contributed by atoms with Crippen LogP contribution in [0.1, 0.15) is 17.3 Å². The molecule has 1 N–H and O–H groups in total. The number of Topliss-reactive ketones (excluding diaryl/α,β-unsaturated/α-hetero) is 1. The first-order valence-corrected chi connectivity index (χ1v) is 6.37. The Kier molecular flexibility index (Phi) is 3.66. The molecule has 0 unspecified atom stereocenters. The van der Waals surface area contributed by atoms with Crippen molar-refractivity contribution in [3.63, 3.8) is 0 Å². The van der Waals surface area contributed by atoms with Crippen LogP contribution in [0.3, 0.4) is 0 Å². The number of benzene rings is 1. The molecule has 7 heteroatoms. The average Bonchev–Trinajstić information content (AvgIpc) is 2.55. The fourth-order valence-corrected chi connectivity index (χ4v) is 2.55. The van der Waals surface area contributed by atoms with Crippen LogP contribution < -0.4 is 10.2 Å². The van der Waals surface area contributed by atoms with Gasteiger partial charge in [0, 0.05) is 11.0 Å². The molecule has 1 heterocycles. The molecule has 0 radical (unpaired) electrons. The summed E-state index contributed by atoms with van der Waals surface area (Å²) in [6.45, 7) is 1.90. The third-order valence-electron chi connectivity index (χ3n) is 2.66. The quantitative estimate of drug-likeness (QED) is 0.849. The van der Waals surface area contributed by atoms with Crippen molar-refractivity contribution in [3.05, 3.63) is 28.0 Å². The Morgan fingerprint density at radius 1 is 1.42 bits per heavy atom. The molecule has 2 amide bonds. The molecule has 1 aliphatic heterocycles. The fourth-order valence-electron chi connectivity index (χ4n) is 1.90. The minimum absolute atomic E-state index is 0.0267. The van der Waals surface area contributed by atoms with Crippen molar-refractivity contribution in [3.8, 4) is 0 Å². The van der Waals surface area contributed by atoms with Crippen LogP contribution in [0.4, 0.5) is 10.1 Å². The maximum absolute atomic E-state index is 13.2. The van der Waals surface area contributed by atoms with Gasteiger partial charge in [-0.1, -0.05) is 0 Å². The van der Waals surface area contributed by atoms with E-state index in [9.17, 15) is 18.8 Å². The van der Waals surface area contributed by atoms with E-state index in [2.05, 4.69) is 21.2 Å². The Morgan fingerprint density at radius 3 is 2.74 bits per heavy atom. The highest BCUT2D eigenvalue weighted by Gasteiger charge is 2.38. The summed E-state index contributed by atoms with van der Waals surface area (Å²) in [6.07, 6.45) is 0. The van der Waals surface area contributed by atoms with E-state index in [1.165, 1.54) is 0 Å². The Labute approximate surface area is 116 Å². The van der Waals surface area contributed by atoms with Crippen molar-refractivity contribution >= 4 is 39.2 Å². The molecule has 0 aromatic heterocycles. The molecular formula is C12H10BrFN2O3. The van der Waals surface area contributed by atoms with Gasteiger partial charge in [0.25, 0.3) is 11.7 Å². The summed E-state index contributed by atoms with van der Waals surface area (Å²) in [5.74, 6) is -2.63. The van der Waals surface area contributed by atoms with Gasteiger partial charge in [-0.2, -0.15) is 0 Å². The number of hydrogen-bond acceptors (Lipinski definition) is 3. The first kappa shape index (κ1) is 13.7. The first-order valence-electron chi connectivity index (χ1n) is 5.57. The number of carbonyl (C=O) groups excluding carboxylic acids is 3. The second-order valence-electron chi connectivity index (χ2n) is 3.96. The lowest BCUT2D eigenvalue weighted by atomic mass is 10.1. The first-order chi connectivity index (χ1) is 8.95. The molecule has 0 saturated heterocycles. The van der Waals surface area contributed by atoms with Crippen molar-refractivity contribution in [2.45, 2.75) is 6.92 Å². The minimum atomic E-state index is -0.826. The number of amides is 2. The number of nitrogens with zero attached hydrogens (tertiary/aromatic N) is 1. The second kappa shape index (κ2) is 5.08. The summed E-state index contributed by atoms with van der Waals surface area (Å²) in [6, 6.07) is 2.15. The molecule has 0 aliphatic carbocycles. The molecule has 1 aromatic carbocycles. The Balaban J connectivity index is 2.41. The topological polar surface area (TPSA) is 66.5 Å². The van der Waals surface area contributed by atoms with Crippen LogP contribution in [0.5, 0.6) is 0 Å². The van der Waals surface area contributed by atoms with Gasteiger partial charge in [-0.25, -0.2) is 4.39 Å². The molecule has 1 aromatic rings. The van der Waals surface area contributed by atoms with Crippen LogP contribution in [-0.2, 0) is 9.59 Å². The van der Waals surface area contributed by atoms with Gasteiger partial charge in [-0.05, 0) is 35.0 Å². The monoisotopic (exact) mass is 328 g/mol. The lowest BCUT2D eigenvalue weighted by Crippen LogP contribution is -2.40. The van der Waals surface area contributed by atoms with E-state index in [-0.39, 0.29) is 28.2 Å². The summed E-state index contributed by atoms with van der Waals surface area (Å²) in [7, 11) is 0. The van der Waals surface area contributed by atoms with Crippen molar-refractivity contribution in [1.82, 2.24) is 5.32 Å². The second-order valence-corrected chi connectivity index (χ2v) is 4.81. The van der Waals surface area contributed by atoms with Gasteiger partial charge in [0.2, 0.25) is 5.91 Å². The summed E-state index contributed by atoms with van der Waals surface area (Å²) < 4.78 is 13.5. The molecule has 0 spiro atoms. The lowest BCUT2D eigenvalue weighted by Gasteiger charge is -2.17. The van der Waals surface area contributed by atoms with E-state index >= 15 is 0 Å². The predicted molar refractivity (Wildman–Crippen MR) is 69.5 cm³/mol. The van der Waals surface area contributed by atoms with E-state index in [1.807, 2.05) is 0 Å². The maximum atomic E-state index is 13.2. The highest BCUT2D eigenvalue weighted by atomic mass is 79.9. The van der Waals surface area contributed by atoms with Crippen molar-refractivity contribution < 1.29 is 18.8 Å². The third-order valence-corrected chi connectivity index (χ3v) is 3.26. The van der Waals surface area contributed by atoms with Crippen LogP contribution in [0.2, 0.25) is 0 Å². The molecule has 19 heavy (non-hydrogen) atoms. The standard InChI is InChI=1S/C12H10BrFN2O3/c1-2-15-9(17)5-16-10-7(11(18)12(16)19)3-6(14)4-8(10)13/h3-4H,2,5H2,1H3,(H,15,17). The van der Waals surface area contributed by atoms with E-state index in [0.29, 0.717) is 6.54 Å². The van der Waals surface area contributed by atoms with E-state index in [4.69, 9.17) is 0 Å². The number of fused-ring (bicyclic) bond motifs is 1. The SMILES string of the molecule is CCNC(=O)CN1C(=O)C(=O)c2cc(F)cc(Br)c21. The third kappa shape index (κ3) is 2.37. The molecule has 0 saturated carbocycles. The molecule has 2 rings (SSSR count). The maximum Gasteiger partial charge on any atom is 0.299 e. The molecule has 1 aliphatic rings. The minimum Gasteiger partial charge on any atom is -0.355 e. The zero-order chi connectivity index (χ0) is 14.2. The van der Waals surface area contributed by atoms with Gasteiger partial charge in [0.15, 0.2) is 0 Å². The molecule has 0 atom stereocenters. The normalized spacial score (nSPS) is 13.7. The van der Waals surface area contributed by atoms with Gasteiger partial charge in [0.05, 0.1) is 11.3 Å². The number of rotatable bonds is 3. The Morgan fingerprint density at radius 2 is 2.11 bits per heavy atom. The number of nitrogens with one attached hydrogen (secondary N) is 1. The zero-order valence-electron chi connectivity index (χ0n) is 10.00. The van der Waals surface area contributed by atoms with Crippen LogP contribution in [0.15, 0.2) is 16.6 Å². The number of anilines is 1. The largest absolute Gasteiger partial charge is 0.355 e. The lowest BCUT2D eigenvalue weighted by molar-refractivity contribution is -0.122. The van der Waals surface area contributed by atoms with E-state index in [1.54, 1.807) is 6.92 Å². The van der Waals surface area contributed by atoms with Gasteiger partial charge < -0.3 is 5.32 Å². The Hall–Kier alpha value is -1.76. The molecular weight excluding hydrogens is 319 g/mol. The van der Waals surface area contributed by atoms with Crippen LogP contribution in [0.25, 0.3) is 0 Å². The summed E-state index contributed by atoms with van der Waals surface area (Å²) >= 11 is 3.10. The van der Waals surface area contributed by atoms with Crippen LogP contribution in [-0.4, -0.2) is 30.7 Å². The van der Waals surface area contributed by atoms with E-state index < -0.39 is 17.5 Å². The number of halogens is 2. The fraction of sp³-hybridized carbons (Fsp3) is 0.250. The Bertz CT molecular complexity index is 589. The highest BCUT2D eigenvalue weighted by Crippen LogP contribution is 2.36. The van der Waals surface area contributed by atoms with Crippen LogP contribution in [0, 0.1) is 5.82 Å². The number of hydrogen-bond donors (Lipinski definition) is 1. The summed E-state index contributed by atoms with van der Waals surface area (Å²) in [4.78, 5) is 36.1. The van der Waals surface area contributed by atoms with Crippen molar-refractivity contribution in [2.75, 3.05) is 18.0 Å². The molecule has 5 nitrogen and oxygen atoms in total. The van der Waals surface area contributed by atoms with Gasteiger partial charge in [-0.15, -0.1) is 0 Å². The summed E-state index contributed by atoms with van der Waals surface area (Å²) in [5.41, 5.74) is 0.212. The van der Waals surface area contributed by atoms with E-state index in [0.717, 1.165) is 17.0 Å². The molecule has 0 fully saturated rings. The smallest absolute Gasteiger partial charge is 0.299 e. The number of ketones is 1. The number of likely N-dealkylation sites (N-methyl/N-ethyl adjacent to an activating group) is 1. The van der Waals surface area contributed by atoms with Gasteiger partial charge in [-0.3, -0.25) is 19.3 Å². The molecule has 100 valence electrons. The van der Waals surface area contributed by atoms with Gasteiger partial charge >= 0.3 is 0 Å². The van der Waals surface area contributed by atoms with Crippen molar-refractivity contribution in [1.29, 1.82) is 0 Å².